The van der Waals surface area contributed by atoms with Gasteiger partial charge in [-0.05, 0) is 35.4 Å². The van der Waals surface area contributed by atoms with Crippen molar-refractivity contribution in [3.05, 3.63) is 65.5 Å². The molecule has 0 aliphatic rings. The first-order valence-electron chi connectivity index (χ1n) is 11.4. The fourth-order valence-electron chi connectivity index (χ4n) is 3.00. The summed E-state index contributed by atoms with van der Waals surface area (Å²) in [6.07, 6.45) is 0. The lowest BCUT2D eigenvalue weighted by Gasteiger charge is -2.12. The number of nitrogens with zero attached hydrogens (tertiary/aromatic N) is 3. The van der Waals surface area contributed by atoms with Crippen LogP contribution in [0.5, 0.6) is 5.75 Å². The van der Waals surface area contributed by atoms with Gasteiger partial charge < -0.3 is 35.9 Å². The highest BCUT2D eigenvalue weighted by Gasteiger charge is 2.08. The van der Waals surface area contributed by atoms with Gasteiger partial charge in [0.1, 0.15) is 11.6 Å². The highest BCUT2D eigenvalue weighted by Crippen LogP contribution is 2.15. The van der Waals surface area contributed by atoms with Gasteiger partial charge in [-0.15, -0.1) is 0 Å². The maximum absolute atomic E-state index is 13.2. The quantitative estimate of drug-likeness (QED) is 0.225. The summed E-state index contributed by atoms with van der Waals surface area (Å²) >= 11 is 0. The molecule has 35 heavy (non-hydrogen) atoms. The molecular weight excluding hydrogens is 453 g/mol. The van der Waals surface area contributed by atoms with E-state index in [0.29, 0.717) is 70.5 Å². The zero-order valence-corrected chi connectivity index (χ0v) is 19.8. The zero-order chi connectivity index (χ0) is 24.7. The molecule has 0 amide bonds. The highest BCUT2D eigenvalue weighted by molar-refractivity contribution is 5.43. The molecule has 0 atom stereocenters. The van der Waals surface area contributed by atoms with Gasteiger partial charge in [0, 0.05) is 26.2 Å². The molecule has 5 N–H and O–H groups in total. The molecule has 0 radical (unpaired) electrons. The van der Waals surface area contributed by atoms with Crippen LogP contribution < -0.4 is 26.4 Å². The third-order valence-corrected chi connectivity index (χ3v) is 4.75. The number of benzene rings is 2. The van der Waals surface area contributed by atoms with Crippen LogP contribution in [-0.4, -0.2) is 61.6 Å². The van der Waals surface area contributed by atoms with Gasteiger partial charge in [-0.25, -0.2) is 4.39 Å². The first kappa shape index (κ1) is 26.1. The average Bonchev–Trinajstić information content (AvgIpc) is 2.89. The molecule has 10 nitrogen and oxygen atoms in total. The van der Waals surface area contributed by atoms with E-state index in [9.17, 15) is 4.39 Å². The second kappa shape index (κ2) is 14.7. The lowest BCUT2D eigenvalue weighted by molar-refractivity contribution is 0.0547. The van der Waals surface area contributed by atoms with Gasteiger partial charge in [0.25, 0.3) is 0 Å². The number of anilines is 3. The summed E-state index contributed by atoms with van der Waals surface area (Å²) in [4.78, 5) is 13.4. The number of nitrogens with two attached hydrogens (primary N) is 1. The minimum absolute atomic E-state index is 0.280. The summed E-state index contributed by atoms with van der Waals surface area (Å²) in [5, 5.41) is 9.54. The van der Waals surface area contributed by atoms with E-state index in [1.54, 1.807) is 19.2 Å². The topological polar surface area (TPSA) is 128 Å². The van der Waals surface area contributed by atoms with Gasteiger partial charge in [0.05, 0.1) is 33.5 Å². The monoisotopic (exact) mass is 485 g/mol. The average molecular weight is 486 g/mol. The third kappa shape index (κ3) is 9.69. The number of ether oxygens (including phenoxy) is 3. The van der Waals surface area contributed by atoms with E-state index >= 15 is 0 Å². The third-order valence-electron chi connectivity index (χ3n) is 4.75. The van der Waals surface area contributed by atoms with E-state index in [1.165, 1.54) is 12.1 Å². The summed E-state index contributed by atoms with van der Waals surface area (Å²) in [6, 6.07) is 14.0. The van der Waals surface area contributed by atoms with E-state index in [1.807, 2.05) is 24.3 Å². The van der Waals surface area contributed by atoms with Crippen LogP contribution in [0.4, 0.5) is 22.2 Å². The number of rotatable bonds is 16. The molecule has 0 spiro atoms. The molecule has 3 aromatic rings. The number of halogens is 1. The molecular formula is C24H32FN7O3. The lowest BCUT2D eigenvalue weighted by atomic mass is 10.2. The zero-order valence-electron chi connectivity index (χ0n) is 19.8. The summed E-state index contributed by atoms with van der Waals surface area (Å²) in [6.45, 7) is 3.90. The Balaban J connectivity index is 1.59. The molecule has 2 aromatic carbocycles. The van der Waals surface area contributed by atoms with Crippen LogP contribution in [-0.2, 0) is 22.6 Å². The van der Waals surface area contributed by atoms with Crippen LogP contribution in [0.15, 0.2) is 48.5 Å². The molecule has 0 aliphatic heterocycles. The van der Waals surface area contributed by atoms with E-state index in [2.05, 4.69) is 30.9 Å². The summed E-state index contributed by atoms with van der Waals surface area (Å²) < 4.78 is 29.3. The second-order valence-corrected chi connectivity index (χ2v) is 7.43. The Bertz CT molecular complexity index is 1020. The van der Waals surface area contributed by atoms with E-state index in [-0.39, 0.29) is 5.82 Å². The molecule has 1 heterocycles. The molecule has 1 aromatic heterocycles. The van der Waals surface area contributed by atoms with Crippen LogP contribution in [0.25, 0.3) is 0 Å². The van der Waals surface area contributed by atoms with Crippen molar-refractivity contribution < 1.29 is 18.6 Å². The van der Waals surface area contributed by atoms with Crippen molar-refractivity contribution in [1.82, 2.24) is 15.0 Å². The van der Waals surface area contributed by atoms with Gasteiger partial charge in [-0.1, -0.05) is 24.3 Å². The van der Waals surface area contributed by atoms with E-state index < -0.39 is 0 Å². The van der Waals surface area contributed by atoms with Gasteiger partial charge in [-0.2, -0.15) is 15.0 Å². The van der Waals surface area contributed by atoms with Gasteiger partial charge in [0.2, 0.25) is 17.8 Å². The van der Waals surface area contributed by atoms with Crippen LogP contribution in [0, 0.1) is 5.82 Å². The molecule has 0 fully saturated rings. The predicted molar refractivity (Wildman–Crippen MR) is 133 cm³/mol. The van der Waals surface area contributed by atoms with Crippen molar-refractivity contribution in [2.45, 2.75) is 13.1 Å². The first-order chi connectivity index (χ1) is 17.2. The molecule has 0 saturated carbocycles. The van der Waals surface area contributed by atoms with Crippen molar-refractivity contribution in [3.8, 4) is 5.75 Å². The smallest absolute Gasteiger partial charge is 0.229 e. The molecule has 0 unspecified atom stereocenters. The summed E-state index contributed by atoms with van der Waals surface area (Å²) in [5.41, 5.74) is 7.30. The highest BCUT2D eigenvalue weighted by atomic mass is 19.1. The molecule has 11 heteroatoms. The van der Waals surface area contributed by atoms with Crippen LogP contribution >= 0.6 is 0 Å². The normalized spacial score (nSPS) is 10.7. The van der Waals surface area contributed by atoms with Crippen molar-refractivity contribution in [2.75, 3.05) is 62.6 Å². The van der Waals surface area contributed by atoms with Crippen LogP contribution in [0.1, 0.15) is 11.1 Å². The molecule has 0 saturated heterocycles. The van der Waals surface area contributed by atoms with E-state index in [0.717, 1.165) is 16.9 Å². The Labute approximate surface area is 204 Å². The van der Waals surface area contributed by atoms with Gasteiger partial charge >= 0.3 is 0 Å². The Hall–Kier alpha value is -3.54. The van der Waals surface area contributed by atoms with Crippen molar-refractivity contribution in [2.24, 2.45) is 5.73 Å². The summed E-state index contributed by atoms with van der Waals surface area (Å²) in [5.74, 6) is 1.69. The lowest BCUT2D eigenvalue weighted by Crippen LogP contribution is -2.17. The molecule has 0 bridgehead atoms. The number of aromatic nitrogens is 3. The predicted octanol–water partition coefficient (Wildman–Crippen LogP) is 2.65. The minimum Gasteiger partial charge on any atom is -0.497 e. The summed E-state index contributed by atoms with van der Waals surface area (Å²) in [7, 11) is 1.63. The fourth-order valence-corrected chi connectivity index (χ4v) is 3.00. The Kier molecular flexibility index (Phi) is 10.9. The van der Waals surface area contributed by atoms with Crippen molar-refractivity contribution in [3.63, 3.8) is 0 Å². The standard InChI is InChI=1S/C24H32FN7O3/c1-33-21-4-2-3-19(15-21)17-29-24-31-22(27-10-12-35-14-13-34-11-9-26)30-23(32-24)28-16-18-5-7-20(25)8-6-18/h2-8,15H,9-14,16-17,26H2,1H3,(H3,27,28,29,30,31,32). The number of hydrogen-bond acceptors (Lipinski definition) is 10. The SMILES string of the molecule is COc1cccc(CNc2nc(NCCOCCOCCN)nc(NCc3ccc(F)cc3)n2)c1. The van der Waals surface area contributed by atoms with E-state index in [4.69, 9.17) is 19.9 Å². The van der Waals surface area contributed by atoms with Crippen molar-refractivity contribution >= 4 is 17.8 Å². The number of hydrogen-bond donors (Lipinski definition) is 4. The van der Waals surface area contributed by atoms with Crippen LogP contribution in [0.3, 0.4) is 0 Å². The largest absolute Gasteiger partial charge is 0.497 e. The Morgan fingerprint density at radius 2 is 1.40 bits per heavy atom. The fraction of sp³-hybridized carbons (Fsp3) is 0.375. The molecule has 188 valence electrons. The number of methoxy groups -OCH3 is 1. The first-order valence-corrected chi connectivity index (χ1v) is 11.4. The van der Waals surface area contributed by atoms with Crippen LogP contribution in [0.2, 0.25) is 0 Å². The second-order valence-electron chi connectivity index (χ2n) is 7.43. The Morgan fingerprint density at radius 3 is 2.06 bits per heavy atom. The minimum atomic E-state index is -0.280. The van der Waals surface area contributed by atoms with Gasteiger partial charge in [0.15, 0.2) is 0 Å². The maximum atomic E-state index is 13.2. The molecule has 0 aliphatic carbocycles. The van der Waals surface area contributed by atoms with Crippen molar-refractivity contribution in [1.29, 1.82) is 0 Å². The maximum Gasteiger partial charge on any atom is 0.229 e. The molecule has 3 rings (SSSR count). The Morgan fingerprint density at radius 1 is 0.771 bits per heavy atom. The number of nitrogens with one attached hydrogen (secondary N) is 3. The van der Waals surface area contributed by atoms with Gasteiger partial charge in [-0.3, -0.25) is 0 Å².